The minimum atomic E-state index is -6.01. The maximum Gasteiger partial charge on any atom is 0.523 e. The van der Waals surface area contributed by atoms with Crippen LogP contribution in [0.25, 0.3) is 0 Å². The average Bonchev–Trinajstić information content (AvgIpc) is 2.24. The minimum absolute atomic E-state index is 0.788. The molecule has 0 fully saturated rings. The smallest absolute Gasteiger partial charge is 0.469 e. The van der Waals surface area contributed by atoms with E-state index in [4.69, 9.17) is 0 Å². The Hall–Kier alpha value is -1.36. The van der Waals surface area contributed by atoms with Gasteiger partial charge in [-0.05, 0) is 0 Å². The van der Waals surface area contributed by atoms with E-state index in [9.17, 15) is 31.2 Å². The van der Waals surface area contributed by atoms with Crippen LogP contribution in [0.2, 0.25) is 0 Å². The standard InChI is InChI=1S/C7H9F3O7S/c1-15-5(11)3-4(6(12)16-2)17-18(13,14)7(8,9)10/h4H,3H2,1-2H3. The van der Waals surface area contributed by atoms with Crippen LogP contribution in [0.5, 0.6) is 0 Å². The molecule has 106 valence electrons. The third kappa shape index (κ3) is 4.49. The van der Waals surface area contributed by atoms with E-state index in [1.54, 1.807) is 0 Å². The Kier molecular flexibility index (Phi) is 5.55. The van der Waals surface area contributed by atoms with E-state index in [1.165, 1.54) is 0 Å². The van der Waals surface area contributed by atoms with E-state index in [2.05, 4.69) is 13.7 Å². The molecule has 0 aliphatic carbocycles. The molecule has 0 amide bonds. The molecule has 11 heteroatoms. The van der Waals surface area contributed by atoms with Gasteiger partial charge >= 0.3 is 27.6 Å². The van der Waals surface area contributed by atoms with Gasteiger partial charge in [-0.15, -0.1) is 0 Å². The molecule has 0 aromatic heterocycles. The lowest BCUT2D eigenvalue weighted by Gasteiger charge is -2.15. The Balaban J connectivity index is 5.03. The van der Waals surface area contributed by atoms with Crippen molar-refractivity contribution >= 4 is 22.1 Å². The van der Waals surface area contributed by atoms with Crippen molar-refractivity contribution < 1.29 is 44.8 Å². The van der Waals surface area contributed by atoms with Crippen LogP contribution in [0.4, 0.5) is 13.2 Å². The van der Waals surface area contributed by atoms with Crippen LogP contribution in [0, 0.1) is 0 Å². The van der Waals surface area contributed by atoms with E-state index in [0.717, 1.165) is 14.2 Å². The Labute approximate surface area is 99.9 Å². The maximum atomic E-state index is 12.0. The summed E-state index contributed by atoms with van der Waals surface area (Å²) in [5, 5.41) is 0. The van der Waals surface area contributed by atoms with Crippen molar-refractivity contribution in [3.05, 3.63) is 0 Å². The van der Waals surface area contributed by atoms with Crippen LogP contribution in [0.15, 0.2) is 0 Å². The van der Waals surface area contributed by atoms with E-state index in [1.807, 2.05) is 0 Å². The number of halogens is 3. The highest BCUT2D eigenvalue weighted by atomic mass is 32.2. The Bertz CT molecular complexity index is 413. The van der Waals surface area contributed by atoms with Crippen molar-refractivity contribution in [3.8, 4) is 0 Å². The van der Waals surface area contributed by atoms with Crippen molar-refractivity contribution in [2.75, 3.05) is 14.2 Å². The van der Waals surface area contributed by atoms with Crippen molar-refractivity contribution in [1.29, 1.82) is 0 Å². The topological polar surface area (TPSA) is 96.0 Å². The highest BCUT2D eigenvalue weighted by molar-refractivity contribution is 7.87. The third-order valence-corrected chi connectivity index (χ3v) is 2.62. The van der Waals surface area contributed by atoms with E-state index in [-0.39, 0.29) is 0 Å². The highest BCUT2D eigenvalue weighted by Crippen LogP contribution is 2.26. The molecule has 0 rings (SSSR count). The fraction of sp³-hybridized carbons (Fsp3) is 0.714. The quantitative estimate of drug-likeness (QED) is 0.398. The Morgan fingerprint density at radius 1 is 1.17 bits per heavy atom. The van der Waals surface area contributed by atoms with E-state index in [0.29, 0.717) is 0 Å². The Morgan fingerprint density at radius 3 is 2.00 bits per heavy atom. The molecule has 0 aliphatic heterocycles. The molecule has 0 N–H and O–H groups in total. The molecule has 0 aromatic rings. The van der Waals surface area contributed by atoms with Gasteiger partial charge in [0.15, 0.2) is 6.10 Å². The SMILES string of the molecule is COC(=O)CC(OS(=O)(=O)C(F)(F)F)C(=O)OC. The van der Waals surface area contributed by atoms with Crippen molar-refractivity contribution in [3.63, 3.8) is 0 Å². The van der Waals surface area contributed by atoms with Gasteiger partial charge in [-0.2, -0.15) is 21.6 Å². The number of hydrogen-bond acceptors (Lipinski definition) is 7. The normalized spacial score (nSPS) is 13.8. The number of ether oxygens (including phenoxy) is 2. The summed E-state index contributed by atoms with van der Waals surface area (Å²) in [4.78, 5) is 21.8. The van der Waals surface area contributed by atoms with Gasteiger partial charge in [-0.1, -0.05) is 0 Å². The first-order valence-corrected chi connectivity index (χ1v) is 5.60. The lowest BCUT2D eigenvalue weighted by atomic mass is 10.2. The summed E-state index contributed by atoms with van der Waals surface area (Å²) in [7, 11) is -4.33. The van der Waals surface area contributed by atoms with Crippen LogP contribution in [-0.4, -0.2) is 46.2 Å². The molecule has 0 aromatic carbocycles. The van der Waals surface area contributed by atoms with E-state index < -0.39 is 40.1 Å². The summed E-state index contributed by atoms with van der Waals surface area (Å²) in [5.41, 5.74) is -5.71. The van der Waals surface area contributed by atoms with Crippen LogP contribution < -0.4 is 0 Å². The zero-order valence-electron chi connectivity index (χ0n) is 9.18. The number of alkyl halides is 3. The molecule has 0 saturated heterocycles. The van der Waals surface area contributed by atoms with Gasteiger partial charge in [0.1, 0.15) is 0 Å². The molecule has 1 atom stereocenters. The molecule has 0 heterocycles. The zero-order chi connectivity index (χ0) is 14.6. The number of carbonyl (C=O) groups is 2. The monoisotopic (exact) mass is 294 g/mol. The molecule has 1 unspecified atom stereocenters. The first kappa shape index (κ1) is 16.6. The summed E-state index contributed by atoms with van der Waals surface area (Å²) in [5.74, 6) is -2.59. The van der Waals surface area contributed by atoms with Gasteiger partial charge in [0, 0.05) is 0 Å². The predicted octanol–water partition coefficient (Wildman–Crippen LogP) is -0.0427. The molecule has 0 saturated carbocycles. The largest absolute Gasteiger partial charge is 0.523 e. The fourth-order valence-electron chi connectivity index (χ4n) is 0.730. The lowest BCUT2D eigenvalue weighted by Crippen LogP contribution is -2.36. The van der Waals surface area contributed by atoms with Gasteiger partial charge in [-0.25, -0.2) is 8.98 Å². The summed E-state index contributed by atoms with van der Waals surface area (Å²) in [6.07, 6.45) is -3.28. The van der Waals surface area contributed by atoms with Gasteiger partial charge in [-0.3, -0.25) is 4.79 Å². The lowest BCUT2D eigenvalue weighted by molar-refractivity contribution is -0.156. The zero-order valence-corrected chi connectivity index (χ0v) is 10.0. The number of esters is 2. The average molecular weight is 294 g/mol. The maximum absolute atomic E-state index is 12.0. The number of rotatable bonds is 5. The summed E-state index contributed by atoms with van der Waals surface area (Å²) < 4.78 is 69.0. The van der Waals surface area contributed by atoms with Gasteiger partial charge < -0.3 is 9.47 Å². The highest BCUT2D eigenvalue weighted by Gasteiger charge is 2.50. The van der Waals surface area contributed by atoms with Gasteiger partial charge in [0.2, 0.25) is 0 Å². The molecule has 0 radical (unpaired) electrons. The second-order valence-electron chi connectivity index (χ2n) is 2.79. The molecular formula is C7H9F3O7S. The number of carbonyl (C=O) groups excluding carboxylic acids is 2. The van der Waals surface area contributed by atoms with Crippen LogP contribution >= 0.6 is 0 Å². The van der Waals surface area contributed by atoms with Crippen LogP contribution in [0.3, 0.4) is 0 Å². The molecule has 0 bridgehead atoms. The summed E-state index contributed by atoms with van der Waals surface area (Å²) in [6.45, 7) is 0. The van der Waals surface area contributed by atoms with Crippen molar-refractivity contribution in [2.45, 2.75) is 18.0 Å². The first-order valence-electron chi connectivity index (χ1n) is 4.19. The minimum Gasteiger partial charge on any atom is -0.469 e. The Morgan fingerprint density at radius 2 is 1.67 bits per heavy atom. The second kappa shape index (κ2) is 6.00. The number of hydrogen-bond donors (Lipinski definition) is 0. The van der Waals surface area contributed by atoms with Gasteiger partial charge in [0.05, 0.1) is 20.6 Å². The summed E-state index contributed by atoms with van der Waals surface area (Å²) in [6, 6.07) is 0. The first-order chi connectivity index (χ1) is 8.05. The fourth-order valence-corrected chi connectivity index (χ4v) is 1.29. The second-order valence-corrected chi connectivity index (χ2v) is 4.35. The van der Waals surface area contributed by atoms with Gasteiger partial charge in [0.25, 0.3) is 0 Å². The molecule has 18 heavy (non-hydrogen) atoms. The van der Waals surface area contributed by atoms with Crippen molar-refractivity contribution in [2.24, 2.45) is 0 Å². The molecule has 7 nitrogen and oxygen atoms in total. The summed E-state index contributed by atoms with van der Waals surface area (Å²) >= 11 is 0. The van der Waals surface area contributed by atoms with Crippen molar-refractivity contribution in [1.82, 2.24) is 0 Å². The van der Waals surface area contributed by atoms with E-state index >= 15 is 0 Å². The molecule has 0 aliphatic rings. The molecule has 0 spiro atoms. The van der Waals surface area contributed by atoms with Crippen LogP contribution in [0.1, 0.15) is 6.42 Å². The molecular weight excluding hydrogens is 285 g/mol. The predicted molar refractivity (Wildman–Crippen MR) is 48.5 cm³/mol. The third-order valence-electron chi connectivity index (χ3n) is 1.57. The number of methoxy groups -OCH3 is 2. The van der Waals surface area contributed by atoms with Crippen LogP contribution in [-0.2, 0) is 33.4 Å².